The minimum Gasteiger partial charge on any atom is -0.467 e. The molecule has 17 heavy (non-hydrogen) atoms. The Morgan fingerprint density at radius 2 is 1.88 bits per heavy atom. The molecule has 1 unspecified atom stereocenters. The maximum atomic E-state index is 11.4. The second-order valence-electron chi connectivity index (χ2n) is 3.39. The minimum atomic E-state index is -0.319. The highest BCUT2D eigenvalue weighted by Crippen LogP contribution is 2.29. The van der Waals surface area contributed by atoms with E-state index in [0.717, 1.165) is 16.5 Å². The zero-order chi connectivity index (χ0) is 12.3. The van der Waals surface area contributed by atoms with Crippen molar-refractivity contribution >= 4 is 45.2 Å². The smallest absolute Gasteiger partial charge is 0.337 e. The van der Waals surface area contributed by atoms with Gasteiger partial charge in [0.1, 0.15) is 12.2 Å². The fraction of sp³-hybridized carbons (Fsp3) is 0.0833. The van der Waals surface area contributed by atoms with Gasteiger partial charge in [0.05, 0.1) is 12.7 Å². The van der Waals surface area contributed by atoms with Gasteiger partial charge >= 0.3 is 5.97 Å². The summed E-state index contributed by atoms with van der Waals surface area (Å²) in [7, 11) is 1.38. The standard InChI is InChI=1S/C12H10IO3P/c1-15-12(14)10-3-2-9-7-11(16-17-13)5-4-8(9)6-10/h2-7,17H,1H3. The van der Waals surface area contributed by atoms with E-state index in [1.807, 2.05) is 30.3 Å². The van der Waals surface area contributed by atoms with Crippen molar-refractivity contribution < 1.29 is 14.1 Å². The Bertz CT molecular complexity index is 556. The molecule has 88 valence electrons. The second kappa shape index (κ2) is 5.65. The van der Waals surface area contributed by atoms with Crippen LogP contribution >= 0.6 is 28.5 Å². The molecule has 0 amide bonds. The normalized spacial score (nSPS) is 10.9. The molecule has 0 N–H and O–H groups in total. The first-order valence-corrected chi connectivity index (χ1v) is 8.91. The number of methoxy groups -OCH3 is 1. The predicted molar refractivity (Wildman–Crippen MR) is 78.3 cm³/mol. The van der Waals surface area contributed by atoms with Crippen LogP contribution in [0.1, 0.15) is 10.4 Å². The topological polar surface area (TPSA) is 35.5 Å². The molecule has 0 aliphatic heterocycles. The third kappa shape index (κ3) is 2.87. The molecule has 2 rings (SSSR count). The van der Waals surface area contributed by atoms with Gasteiger partial charge in [-0.3, -0.25) is 0 Å². The van der Waals surface area contributed by atoms with Crippen molar-refractivity contribution in [1.82, 2.24) is 0 Å². The Morgan fingerprint density at radius 1 is 1.18 bits per heavy atom. The summed E-state index contributed by atoms with van der Waals surface area (Å²) in [6.07, 6.45) is 0. The van der Waals surface area contributed by atoms with Crippen LogP contribution in [0.2, 0.25) is 0 Å². The first-order chi connectivity index (χ1) is 8.24. The molecule has 2 aromatic carbocycles. The summed E-state index contributed by atoms with van der Waals surface area (Å²) in [6.45, 7) is 0.396. The number of carbonyl (C=O) groups excluding carboxylic acids is 1. The van der Waals surface area contributed by atoms with Crippen molar-refractivity contribution in [3.63, 3.8) is 0 Å². The molecule has 2 aromatic rings. The molecule has 5 heteroatoms. The van der Waals surface area contributed by atoms with Crippen LogP contribution in [0.25, 0.3) is 10.8 Å². The number of ether oxygens (including phenoxy) is 1. The second-order valence-corrected chi connectivity index (χ2v) is 5.07. The lowest BCUT2D eigenvalue weighted by Crippen LogP contribution is -2.00. The fourth-order valence-corrected chi connectivity index (χ4v) is 2.56. The van der Waals surface area contributed by atoms with Gasteiger partial charge in [-0.15, -0.1) is 0 Å². The molecule has 0 aromatic heterocycles. The van der Waals surface area contributed by atoms with Gasteiger partial charge < -0.3 is 9.26 Å². The van der Waals surface area contributed by atoms with Gasteiger partial charge in [-0.05, 0) is 57.1 Å². The average molecular weight is 360 g/mol. The maximum absolute atomic E-state index is 11.4. The molecule has 0 radical (unpaired) electrons. The molecular formula is C12H10IO3P. The summed E-state index contributed by atoms with van der Waals surface area (Å²) in [4.78, 5) is 11.4. The minimum absolute atomic E-state index is 0.319. The van der Waals surface area contributed by atoms with E-state index in [2.05, 4.69) is 26.8 Å². The Balaban J connectivity index is 2.43. The molecule has 0 saturated carbocycles. The monoisotopic (exact) mass is 360 g/mol. The molecule has 0 heterocycles. The lowest BCUT2D eigenvalue weighted by Gasteiger charge is -2.05. The van der Waals surface area contributed by atoms with Gasteiger partial charge in [0.2, 0.25) is 0 Å². The summed E-state index contributed by atoms with van der Waals surface area (Å²) in [5.41, 5.74) is 0.560. The van der Waals surface area contributed by atoms with Gasteiger partial charge in [0, 0.05) is 0 Å². The molecule has 0 saturated heterocycles. The van der Waals surface area contributed by atoms with Crippen LogP contribution < -0.4 is 4.52 Å². The van der Waals surface area contributed by atoms with Gasteiger partial charge in [-0.1, -0.05) is 12.1 Å². The molecule has 0 spiro atoms. The fourth-order valence-electron chi connectivity index (χ4n) is 1.58. The first-order valence-electron chi connectivity index (χ1n) is 4.89. The van der Waals surface area contributed by atoms with Crippen LogP contribution in [-0.2, 0) is 4.74 Å². The first kappa shape index (κ1) is 12.6. The van der Waals surface area contributed by atoms with Crippen molar-refractivity contribution in [2.24, 2.45) is 0 Å². The summed E-state index contributed by atoms with van der Waals surface area (Å²) in [5, 5.41) is 2.04. The molecule has 0 aliphatic carbocycles. The van der Waals surface area contributed by atoms with Crippen LogP contribution in [0.3, 0.4) is 0 Å². The van der Waals surface area contributed by atoms with Crippen molar-refractivity contribution in [3.05, 3.63) is 42.0 Å². The van der Waals surface area contributed by atoms with E-state index in [-0.39, 0.29) is 5.97 Å². The molecule has 0 fully saturated rings. The highest BCUT2D eigenvalue weighted by atomic mass is 127. The zero-order valence-electron chi connectivity index (χ0n) is 9.07. The van der Waals surface area contributed by atoms with Crippen LogP contribution in [0.5, 0.6) is 5.75 Å². The van der Waals surface area contributed by atoms with E-state index in [4.69, 9.17) is 4.52 Å². The van der Waals surface area contributed by atoms with Gasteiger partial charge in [0.25, 0.3) is 0 Å². The Labute approximate surface area is 114 Å². The van der Waals surface area contributed by atoms with E-state index in [1.165, 1.54) is 7.11 Å². The number of esters is 1. The predicted octanol–water partition coefficient (Wildman–Crippen LogP) is 3.95. The average Bonchev–Trinajstić information content (AvgIpc) is 2.37. The Morgan fingerprint density at radius 3 is 2.59 bits per heavy atom. The number of benzene rings is 2. The van der Waals surface area contributed by atoms with E-state index in [0.29, 0.717) is 12.0 Å². The van der Waals surface area contributed by atoms with E-state index in [1.54, 1.807) is 6.07 Å². The largest absolute Gasteiger partial charge is 0.467 e. The highest BCUT2D eigenvalue weighted by molar-refractivity contribution is 14.2. The van der Waals surface area contributed by atoms with Gasteiger partial charge in [-0.25, -0.2) is 4.79 Å². The Hall–Kier alpha value is -0.870. The summed E-state index contributed by atoms with van der Waals surface area (Å²) in [5.74, 6) is 0.525. The number of carbonyl (C=O) groups is 1. The van der Waals surface area contributed by atoms with Crippen molar-refractivity contribution in [1.29, 1.82) is 0 Å². The molecule has 1 atom stereocenters. The molecule has 3 nitrogen and oxygen atoms in total. The van der Waals surface area contributed by atoms with Crippen LogP contribution in [-0.4, -0.2) is 13.1 Å². The van der Waals surface area contributed by atoms with Crippen LogP contribution in [0, 0.1) is 0 Å². The number of halogens is 1. The lowest BCUT2D eigenvalue weighted by atomic mass is 10.1. The Kier molecular flexibility index (Phi) is 4.18. The summed E-state index contributed by atoms with van der Waals surface area (Å²) >= 11 is 2.18. The zero-order valence-corrected chi connectivity index (χ0v) is 12.2. The maximum Gasteiger partial charge on any atom is 0.337 e. The molecular weight excluding hydrogens is 350 g/mol. The summed E-state index contributed by atoms with van der Waals surface area (Å²) in [6, 6.07) is 11.3. The van der Waals surface area contributed by atoms with Crippen molar-refractivity contribution in [2.75, 3.05) is 7.11 Å². The number of rotatable bonds is 3. The molecule has 0 aliphatic rings. The molecule has 0 bridgehead atoms. The van der Waals surface area contributed by atoms with E-state index < -0.39 is 0 Å². The SMILES string of the molecule is COC(=O)c1ccc2cc(OPI)ccc2c1. The number of hydrogen-bond donors (Lipinski definition) is 0. The third-order valence-electron chi connectivity index (χ3n) is 2.39. The number of fused-ring (bicyclic) bond motifs is 1. The highest BCUT2D eigenvalue weighted by Gasteiger charge is 2.06. The van der Waals surface area contributed by atoms with Crippen LogP contribution in [0.4, 0.5) is 0 Å². The van der Waals surface area contributed by atoms with Crippen LogP contribution in [0.15, 0.2) is 36.4 Å². The van der Waals surface area contributed by atoms with Gasteiger partial charge in [-0.2, -0.15) is 0 Å². The summed E-state index contributed by atoms with van der Waals surface area (Å²) < 4.78 is 10.1. The van der Waals surface area contributed by atoms with Crippen molar-refractivity contribution in [2.45, 2.75) is 0 Å². The number of hydrogen-bond acceptors (Lipinski definition) is 3. The lowest BCUT2D eigenvalue weighted by molar-refractivity contribution is 0.0601. The quantitative estimate of drug-likeness (QED) is 0.473. The van der Waals surface area contributed by atoms with E-state index in [9.17, 15) is 4.79 Å². The van der Waals surface area contributed by atoms with Gasteiger partial charge in [0.15, 0.2) is 0 Å². The van der Waals surface area contributed by atoms with E-state index >= 15 is 0 Å². The third-order valence-corrected chi connectivity index (χ3v) is 3.36. The van der Waals surface area contributed by atoms with Crippen molar-refractivity contribution in [3.8, 4) is 5.75 Å².